The van der Waals surface area contributed by atoms with Crippen LogP contribution in [0.4, 0.5) is 56.9 Å². The van der Waals surface area contributed by atoms with Gasteiger partial charge in [-0.3, -0.25) is 0 Å². The zero-order chi connectivity index (χ0) is 52.0. The average molecular weight is 1000 g/mol. The SMILES string of the molecule is CC12C=C(N(c3ccccc3)c3ccccc3)C=CC1c1ccc(N(c3ccccc3)c3ccccc3)cc1[C@]21c2cc(N(c3ccccc3)c3ccccc3)ccc2C2C=CC(N(c3ccccc3)c3ccccc3)=C[C@@H]21. The zero-order valence-corrected chi connectivity index (χ0v) is 43.5. The van der Waals surface area contributed by atoms with Crippen LogP contribution in [0.25, 0.3) is 0 Å². The molecule has 0 saturated carbocycles. The summed E-state index contributed by atoms with van der Waals surface area (Å²) in [5, 5.41) is 0. The maximum absolute atomic E-state index is 2.67. The molecule has 4 heteroatoms. The summed E-state index contributed by atoms with van der Waals surface area (Å²) in [7, 11) is 0. The fraction of sp³-hybridized carbons (Fsp3) is 0.0811. The van der Waals surface area contributed by atoms with Gasteiger partial charge in [0.1, 0.15) is 0 Å². The molecule has 0 bridgehead atoms. The molecule has 0 amide bonds. The number of hydrogen-bond donors (Lipinski definition) is 0. The Kier molecular flexibility index (Phi) is 11.7. The Morgan fingerprint density at radius 1 is 0.308 bits per heavy atom. The van der Waals surface area contributed by atoms with Crippen LogP contribution in [0.15, 0.2) is 327 Å². The van der Waals surface area contributed by atoms with Gasteiger partial charge in [-0.25, -0.2) is 0 Å². The summed E-state index contributed by atoms with van der Waals surface area (Å²) >= 11 is 0. The lowest BCUT2D eigenvalue weighted by molar-refractivity contribution is 0.197. The minimum Gasteiger partial charge on any atom is -0.311 e. The largest absolute Gasteiger partial charge is 0.311 e. The lowest BCUT2D eigenvalue weighted by Crippen LogP contribution is -2.47. The van der Waals surface area contributed by atoms with E-state index in [0.29, 0.717) is 0 Å². The summed E-state index contributed by atoms with van der Waals surface area (Å²) in [6.07, 6.45) is 15.2. The Labute approximate surface area is 458 Å². The highest BCUT2D eigenvalue weighted by molar-refractivity contribution is 5.83. The van der Waals surface area contributed by atoms with Crippen LogP contribution in [0.2, 0.25) is 0 Å². The van der Waals surface area contributed by atoms with E-state index in [0.717, 1.165) is 68.3 Å². The molecule has 0 aliphatic heterocycles. The van der Waals surface area contributed by atoms with Crippen LogP contribution in [0.5, 0.6) is 0 Å². The topological polar surface area (TPSA) is 13.0 Å². The number of rotatable bonds is 12. The van der Waals surface area contributed by atoms with Gasteiger partial charge < -0.3 is 19.6 Å². The van der Waals surface area contributed by atoms with Crippen LogP contribution in [0.3, 0.4) is 0 Å². The number of benzene rings is 10. The van der Waals surface area contributed by atoms with Gasteiger partial charge in [0.2, 0.25) is 0 Å². The highest BCUT2D eigenvalue weighted by Crippen LogP contribution is 2.74. The fourth-order valence-electron chi connectivity index (χ4n) is 13.7. The molecule has 5 atom stereocenters. The van der Waals surface area contributed by atoms with Crippen LogP contribution in [0.1, 0.15) is 41.0 Å². The van der Waals surface area contributed by atoms with E-state index in [-0.39, 0.29) is 17.8 Å². The minimum atomic E-state index is -0.638. The number of nitrogens with zero attached hydrogens (tertiary/aromatic N) is 4. The van der Waals surface area contributed by atoms with E-state index in [1.54, 1.807) is 0 Å². The fourth-order valence-corrected chi connectivity index (χ4v) is 13.7. The van der Waals surface area contributed by atoms with Gasteiger partial charge in [0.25, 0.3) is 0 Å². The number of anilines is 10. The molecule has 374 valence electrons. The molecule has 10 aromatic carbocycles. The molecule has 10 aromatic rings. The molecule has 0 saturated heterocycles. The predicted octanol–water partition coefficient (Wildman–Crippen LogP) is 19.3. The van der Waals surface area contributed by atoms with Crippen molar-refractivity contribution in [2.45, 2.75) is 24.2 Å². The molecule has 4 aliphatic carbocycles. The summed E-state index contributed by atoms with van der Waals surface area (Å²) in [6.45, 7) is 2.59. The third kappa shape index (κ3) is 7.66. The Bertz CT molecular complexity index is 3630. The molecule has 0 radical (unpaired) electrons. The summed E-state index contributed by atoms with van der Waals surface area (Å²) < 4.78 is 0. The van der Waals surface area contributed by atoms with Crippen LogP contribution in [-0.2, 0) is 5.41 Å². The maximum atomic E-state index is 2.67. The first kappa shape index (κ1) is 46.9. The summed E-state index contributed by atoms with van der Waals surface area (Å²) in [4.78, 5) is 9.78. The number of hydrogen-bond acceptors (Lipinski definition) is 4. The quantitative estimate of drug-likeness (QED) is 0.121. The van der Waals surface area contributed by atoms with E-state index in [9.17, 15) is 0 Å². The summed E-state index contributed by atoms with van der Waals surface area (Å²) in [6, 6.07) is 102. The van der Waals surface area contributed by atoms with Crippen LogP contribution in [-0.4, -0.2) is 0 Å². The van der Waals surface area contributed by atoms with Crippen molar-refractivity contribution in [2.24, 2.45) is 11.3 Å². The van der Waals surface area contributed by atoms with Crippen LogP contribution >= 0.6 is 0 Å². The average Bonchev–Trinajstić information content (AvgIpc) is 3.33. The van der Waals surface area contributed by atoms with Crippen molar-refractivity contribution in [3.63, 3.8) is 0 Å². The van der Waals surface area contributed by atoms with Crippen molar-refractivity contribution in [1.29, 1.82) is 0 Å². The zero-order valence-electron chi connectivity index (χ0n) is 43.5. The third-order valence-electron chi connectivity index (χ3n) is 16.9. The van der Waals surface area contributed by atoms with Gasteiger partial charge in [-0.15, -0.1) is 0 Å². The number of fused-ring (bicyclic) bond motifs is 10. The molecule has 0 heterocycles. The first-order valence-electron chi connectivity index (χ1n) is 27.3. The van der Waals surface area contributed by atoms with Crippen molar-refractivity contribution < 1.29 is 0 Å². The van der Waals surface area contributed by atoms with E-state index in [4.69, 9.17) is 0 Å². The first-order chi connectivity index (χ1) is 38.6. The second kappa shape index (κ2) is 19.5. The molecule has 1 spiro atoms. The highest BCUT2D eigenvalue weighted by atomic mass is 15.2. The van der Waals surface area contributed by atoms with E-state index in [2.05, 4.69) is 342 Å². The van der Waals surface area contributed by atoms with E-state index in [1.807, 2.05) is 0 Å². The van der Waals surface area contributed by atoms with Crippen molar-refractivity contribution in [3.05, 3.63) is 349 Å². The normalized spacial score (nSPS) is 20.1. The van der Waals surface area contributed by atoms with Gasteiger partial charge in [0.15, 0.2) is 0 Å². The number of allylic oxidation sites excluding steroid dienone is 6. The van der Waals surface area contributed by atoms with Crippen LogP contribution in [0, 0.1) is 11.3 Å². The first-order valence-corrected chi connectivity index (χ1v) is 27.3. The van der Waals surface area contributed by atoms with Gasteiger partial charge in [0, 0.05) is 96.9 Å². The molecular formula is C74H58N4. The molecule has 14 rings (SSSR count). The third-order valence-corrected chi connectivity index (χ3v) is 16.9. The predicted molar refractivity (Wildman–Crippen MR) is 325 cm³/mol. The molecule has 3 unspecified atom stereocenters. The van der Waals surface area contributed by atoms with Gasteiger partial charge in [-0.2, -0.15) is 0 Å². The second-order valence-electron chi connectivity index (χ2n) is 21.1. The van der Waals surface area contributed by atoms with Gasteiger partial charge in [-0.05, 0) is 156 Å². The number of para-hydroxylation sites is 8. The lowest BCUT2D eigenvalue weighted by Gasteiger charge is -2.50. The maximum Gasteiger partial charge on any atom is 0.0464 e. The Balaban J connectivity index is 1.09. The van der Waals surface area contributed by atoms with E-state index in [1.165, 1.54) is 22.3 Å². The van der Waals surface area contributed by atoms with Crippen molar-refractivity contribution in [3.8, 4) is 0 Å². The van der Waals surface area contributed by atoms with Gasteiger partial charge in [-0.1, -0.05) is 189 Å². The van der Waals surface area contributed by atoms with Gasteiger partial charge in [0.05, 0.1) is 0 Å². The monoisotopic (exact) mass is 1000 g/mol. The molecular weight excluding hydrogens is 945 g/mol. The van der Waals surface area contributed by atoms with E-state index >= 15 is 0 Å². The molecule has 0 N–H and O–H groups in total. The highest BCUT2D eigenvalue weighted by Gasteiger charge is 2.68. The smallest absolute Gasteiger partial charge is 0.0464 e. The Morgan fingerprint density at radius 2 is 0.628 bits per heavy atom. The lowest BCUT2D eigenvalue weighted by atomic mass is 9.53. The molecule has 4 nitrogen and oxygen atoms in total. The Morgan fingerprint density at radius 3 is 1.01 bits per heavy atom. The van der Waals surface area contributed by atoms with Crippen LogP contribution < -0.4 is 19.6 Å². The Hall–Kier alpha value is -9.64. The molecule has 78 heavy (non-hydrogen) atoms. The van der Waals surface area contributed by atoms with Crippen molar-refractivity contribution in [1.82, 2.24) is 0 Å². The summed E-state index contributed by atoms with van der Waals surface area (Å²) in [5.41, 5.74) is 17.7. The summed E-state index contributed by atoms with van der Waals surface area (Å²) in [5.74, 6) is 0.0512. The molecule has 0 aromatic heterocycles. The van der Waals surface area contributed by atoms with E-state index < -0.39 is 10.8 Å². The molecule has 4 aliphatic rings. The van der Waals surface area contributed by atoms with Gasteiger partial charge >= 0.3 is 0 Å². The standard InChI is InChI=1S/C74H58N4/c1-73-53-65(78(60-38-22-8-23-39-60)61-40-24-9-25-41-61)45-49-69(73)68-48-44-64(77(58-34-18-6-19-35-58)59-36-20-7-21-37-59)52-72(68)74(73)70-50-62(75(54-26-10-2-11-27-54)55-28-12-3-13-29-55)42-46-66(70)67-47-43-63(51-71(67)74)76(56-30-14-4-15-31-56)57-32-16-5-17-33-57/h2-53,66,69-70H,1H3/t66?,69?,70-,73?,74-/m0/s1. The second-order valence-corrected chi connectivity index (χ2v) is 21.1. The van der Waals surface area contributed by atoms with Crippen molar-refractivity contribution >= 4 is 56.9 Å². The minimum absolute atomic E-state index is 0.0253. The molecule has 0 fully saturated rings. The van der Waals surface area contributed by atoms with Crippen molar-refractivity contribution in [2.75, 3.05) is 19.6 Å².